The highest BCUT2D eigenvalue weighted by atomic mass is 32.2. The van der Waals surface area contributed by atoms with Gasteiger partial charge in [0.05, 0.1) is 17.0 Å². The number of carbonyl (C=O) groups is 1. The maximum absolute atomic E-state index is 12.1. The van der Waals surface area contributed by atoms with E-state index in [0.29, 0.717) is 22.2 Å². The fourth-order valence-corrected chi connectivity index (χ4v) is 2.83. The van der Waals surface area contributed by atoms with Crippen LogP contribution < -0.4 is 5.32 Å². The van der Waals surface area contributed by atoms with Gasteiger partial charge >= 0.3 is 0 Å². The van der Waals surface area contributed by atoms with Crippen LogP contribution in [0.15, 0.2) is 35.5 Å². The van der Waals surface area contributed by atoms with Gasteiger partial charge in [-0.3, -0.25) is 4.79 Å². The van der Waals surface area contributed by atoms with Crippen LogP contribution >= 0.6 is 11.8 Å². The Balaban J connectivity index is 1.68. The number of nitrogens with zero attached hydrogens (tertiary/aromatic N) is 5. The fourth-order valence-electron chi connectivity index (χ4n) is 2.22. The van der Waals surface area contributed by atoms with Crippen molar-refractivity contribution in [1.29, 1.82) is 5.26 Å². The number of nitrogens with one attached hydrogen (secondary N) is 1. The van der Waals surface area contributed by atoms with Crippen LogP contribution in [0.25, 0.3) is 5.78 Å². The summed E-state index contributed by atoms with van der Waals surface area (Å²) in [7, 11) is 0. The van der Waals surface area contributed by atoms with Gasteiger partial charge in [0, 0.05) is 11.4 Å². The molecular formula is C16H14N6OS. The second kappa shape index (κ2) is 6.68. The lowest BCUT2D eigenvalue weighted by atomic mass is 10.2. The molecule has 0 bridgehead atoms. The minimum absolute atomic E-state index is 0.147. The first-order chi connectivity index (χ1) is 11.6. The Morgan fingerprint density at radius 3 is 2.92 bits per heavy atom. The number of amides is 1. The molecule has 0 radical (unpaired) electrons. The van der Waals surface area contributed by atoms with Crippen molar-refractivity contribution >= 4 is 29.1 Å². The number of fused-ring (bicyclic) bond motifs is 1. The van der Waals surface area contributed by atoms with Crippen molar-refractivity contribution < 1.29 is 4.79 Å². The van der Waals surface area contributed by atoms with E-state index >= 15 is 0 Å². The molecule has 1 N–H and O–H groups in total. The Morgan fingerprint density at radius 2 is 2.12 bits per heavy atom. The van der Waals surface area contributed by atoms with Crippen molar-refractivity contribution in [2.45, 2.75) is 19.0 Å². The third-order valence-corrected chi connectivity index (χ3v) is 4.09. The van der Waals surface area contributed by atoms with Gasteiger partial charge < -0.3 is 5.32 Å². The van der Waals surface area contributed by atoms with Crippen LogP contribution in [-0.2, 0) is 4.79 Å². The van der Waals surface area contributed by atoms with E-state index in [9.17, 15) is 4.79 Å². The lowest BCUT2D eigenvalue weighted by Gasteiger charge is -2.05. The van der Waals surface area contributed by atoms with E-state index < -0.39 is 0 Å². The Hall–Kier alpha value is -2.92. The van der Waals surface area contributed by atoms with Crippen molar-refractivity contribution in [2.24, 2.45) is 0 Å². The molecule has 7 nitrogen and oxygen atoms in total. The highest BCUT2D eigenvalue weighted by molar-refractivity contribution is 7.99. The molecule has 0 saturated heterocycles. The van der Waals surface area contributed by atoms with Gasteiger partial charge in [-0.2, -0.15) is 10.2 Å². The molecule has 0 aliphatic rings. The quantitative estimate of drug-likeness (QED) is 0.734. The highest BCUT2D eigenvalue weighted by Crippen LogP contribution is 2.17. The summed E-state index contributed by atoms with van der Waals surface area (Å²) in [6.07, 6.45) is 0. The molecule has 0 aliphatic carbocycles. The minimum Gasteiger partial charge on any atom is -0.324 e. The first-order valence-corrected chi connectivity index (χ1v) is 8.18. The SMILES string of the molecule is Cc1cc(C)n2nc(SCC(=O)Nc3ccccc3C#N)nc2n1. The third-order valence-electron chi connectivity index (χ3n) is 3.25. The maximum Gasteiger partial charge on any atom is 0.253 e. The van der Waals surface area contributed by atoms with Crippen molar-refractivity contribution in [1.82, 2.24) is 19.6 Å². The molecule has 0 atom stereocenters. The predicted octanol–water partition coefficient (Wildman–Crippen LogP) is 2.34. The normalized spacial score (nSPS) is 10.5. The number of carbonyl (C=O) groups excluding carboxylic acids is 1. The van der Waals surface area contributed by atoms with Crippen LogP contribution in [-0.4, -0.2) is 31.2 Å². The molecular weight excluding hydrogens is 324 g/mol. The maximum atomic E-state index is 12.1. The van der Waals surface area contributed by atoms with Crippen molar-refractivity contribution in [3.63, 3.8) is 0 Å². The number of para-hydroxylation sites is 1. The molecule has 120 valence electrons. The van der Waals surface area contributed by atoms with Gasteiger partial charge in [0.2, 0.25) is 11.1 Å². The number of nitriles is 1. The fraction of sp³-hybridized carbons (Fsp3) is 0.188. The largest absolute Gasteiger partial charge is 0.324 e. The Kier molecular flexibility index (Phi) is 4.44. The molecule has 0 spiro atoms. The van der Waals surface area contributed by atoms with Crippen LogP contribution in [0.3, 0.4) is 0 Å². The lowest BCUT2D eigenvalue weighted by molar-refractivity contribution is -0.113. The average Bonchev–Trinajstić information content (AvgIpc) is 2.97. The van der Waals surface area contributed by atoms with E-state index in [1.807, 2.05) is 26.0 Å². The van der Waals surface area contributed by atoms with Gasteiger partial charge in [-0.15, -0.1) is 5.10 Å². The zero-order valence-electron chi connectivity index (χ0n) is 13.1. The average molecular weight is 338 g/mol. The molecule has 0 unspecified atom stereocenters. The Bertz CT molecular complexity index is 959. The van der Waals surface area contributed by atoms with E-state index in [1.165, 1.54) is 11.8 Å². The zero-order valence-corrected chi connectivity index (χ0v) is 14.0. The van der Waals surface area contributed by atoms with E-state index in [0.717, 1.165) is 11.4 Å². The van der Waals surface area contributed by atoms with Crippen molar-refractivity contribution in [2.75, 3.05) is 11.1 Å². The van der Waals surface area contributed by atoms with Gasteiger partial charge in [0.15, 0.2) is 0 Å². The van der Waals surface area contributed by atoms with Gasteiger partial charge in [0.1, 0.15) is 6.07 Å². The molecule has 1 amide bonds. The molecule has 2 aromatic heterocycles. The zero-order chi connectivity index (χ0) is 17.1. The van der Waals surface area contributed by atoms with Gasteiger partial charge in [-0.25, -0.2) is 9.50 Å². The number of aromatic nitrogens is 4. The smallest absolute Gasteiger partial charge is 0.253 e. The predicted molar refractivity (Wildman–Crippen MR) is 90.8 cm³/mol. The number of hydrogen-bond donors (Lipinski definition) is 1. The summed E-state index contributed by atoms with van der Waals surface area (Å²) in [6, 6.07) is 10.8. The van der Waals surface area contributed by atoms with Crippen molar-refractivity contribution in [3.8, 4) is 6.07 Å². The number of rotatable bonds is 4. The summed E-state index contributed by atoms with van der Waals surface area (Å²) in [4.78, 5) is 20.7. The molecule has 3 rings (SSSR count). The number of anilines is 1. The van der Waals surface area contributed by atoms with Crippen LogP contribution in [0.2, 0.25) is 0 Å². The molecule has 0 aliphatic heterocycles. The standard InChI is InChI=1S/C16H14N6OS/c1-10-7-11(2)22-15(18-10)20-16(21-22)24-9-14(23)19-13-6-4-3-5-12(13)8-17/h3-7H,9H2,1-2H3,(H,19,23). The van der Waals surface area contributed by atoms with Crippen LogP contribution in [0.5, 0.6) is 0 Å². The summed E-state index contributed by atoms with van der Waals surface area (Å²) in [5, 5.41) is 16.6. The third kappa shape index (κ3) is 3.36. The lowest BCUT2D eigenvalue weighted by Crippen LogP contribution is -2.15. The summed E-state index contributed by atoms with van der Waals surface area (Å²) >= 11 is 1.22. The van der Waals surface area contributed by atoms with E-state index in [2.05, 4.69) is 20.4 Å². The topological polar surface area (TPSA) is 96.0 Å². The van der Waals surface area contributed by atoms with Crippen LogP contribution in [0, 0.1) is 25.2 Å². The van der Waals surface area contributed by atoms with E-state index in [1.54, 1.807) is 28.8 Å². The molecule has 3 aromatic rings. The molecule has 0 fully saturated rings. The summed E-state index contributed by atoms with van der Waals surface area (Å²) in [6.45, 7) is 3.82. The minimum atomic E-state index is -0.220. The summed E-state index contributed by atoms with van der Waals surface area (Å²) in [5.74, 6) is 0.446. The Labute approximate surface area is 142 Å². The van der Waals surface area contributed by atoms with E-state index in [-0.39, 0.29) is 11.7 Å². The molecule has 2 heterocycles. The summed E-state index contributed by atoms with van der Waals surface area (Å²) < 4.78 is 1.65. The molecule has 8 heteroatoms. The first kappa shape index (κ1) is 16.0. The molecule has 24 heavy (non-hydrogen) atoms. The van der Waals surface area contributed by atoms with Crippen molar-refractivity contribution in [3.05, 3.63) is 47.3 Å². The van der Waals surface area contributed by atoms with Gasteiger partial charge in [-0.05, 0) is 32.0 Å². The number of benzene rings is 1. The van der Waals surface area contributed by atoms with E-state index in [4.69, 9.17) is 5.26 Å². The Morgan fingerprint density at radius 1 is 1.33 bits per heavy atom. The second-order valence-electron chi connectivity index (χ2n) is 5.14. The number of thioether (sulfide) groups is 1. The second-order valence-corrected chi connectivity index (χ2v) is 6.08. The van der Waals surface area contributed by atoms with Gasteiger partial charge in [-0.1, -0.05) is 23.9 Å². The van der Waals surface area contributed by atoms with Crippen LogP contribution in [0.4, 0.5) is 5.69 Å². The summed E-state index contributed by atoms with van der Waals surface area (Å²) in [5.41, 5.74) is 2.73. The monoisotopic (exact) mass is 338 g/mol. The number of aryl methyl sites for hydroxylation is 2. The van der Waals surface area contributed by atoms with Crippen LogP contribution in [0.1, 0.15) is 17.0 Å². The number of hydrogen-bond acceptors (Lipinski definition) is 6. The molecule has 1 aromatic carbocycles. The molecule has 0 saturated carbocycles. The highest BCUT2D eigenvalue weighted by Gasteiger charge is 2.11. The first-order valence-electron chi connectivity index (χ1n) is 7.19. The van der Waals surface area contributed by atoms with Gasteiger partial charge in [0.25, 0.3) is 5.78 Å².